The highest BCUT2D eigenvalue weighted by molar-refractivity contribution is 6.30. The van der Waals surface area contributed by atoms with E-state index in [4.69, 9.17) is 0 Å². The van der Waals surface area contributed by atoms with Crippen LogP contribution in [0.1, 0.15) is 0 Å². The predicted octanol–water partition coefficient (Wildman–Crippen LogP) is 16.8. The molecule has 0 amide bonds. The summed E-state index contributed by atoms with van der Waals surface area (Å²) in [4.78, 5) is 4.00. The Morgan fingerprint density at radius 3 is 1.34 bits per heavy atom. The highest BCUT2D eigenvalue weighted by atomic mass is 14.7. The average molecular weight is 774 g/mol. The van der Waals surface area contributed by atoms with Gasteiger partial charge in [-0.15, -0.1) is 0 Å². The topological polar surface area (TPSA) is 15.8 Å². The third kappa shape index (κ3) is 5.63. The van der Waals surface area contributed by atoms with Crippen LogP contribution in [0, 0.1) is 0 Å². The van der Waals surface area contributed by atoms with Gasteiger partial charge in [0.05, 0.1) is 5.52 Å². The number of aromatic nitrogens is 1. The van der Waals surface area contributed by atoms with E-state index in [1.165, 1.54) is 110 Å². The number of rotatable bonds is 6. The van der Waals surface area contributed by atoms with E-state index < -0.39 is 0 Å². The Balaban J connectivity index is 1.32. The molecule has 0 atom stereocenters. The normalized spacial score (nSPS) is 11.6. The summed E-state index contributed by atoms with van der Waals surface area (Å²) in [6, 6.07) is 84.6. The van der Waals surface area contributed by atoms with Crippen LogP contribution in [0.5, 0.6) is 0 Å². The molecule has 1 heterocycles. The van der Waals surface area contributed by atoms with Crippen molar-refractivity contribution in [3.8, 4) is 66.8 Å². The summed E-state index contributed by atoms with van der Waals surface area (Å²) in [7, 11) is 0. The molecule has 12 rings (SSSR count). The van der Waals surface area contributed by atoms with E-state index in [-0.39, 0.29) is 0 Å². The molecule has 11 aromatic carbocycles. The van der Waals surface area contributed by atoms with E-state index in [0.717, 1.165) is 11.0 Å². The van der Waals surface area contributed by atoms with Crippen LogP contribution in [0.2, 0.25) is 0 Å². The summed E-state index contributed by atoms with van der Waals surface area (Å²) >= 11 is 0. The number of H-pyrrole nitrogens is 1. The maximum absolute atomic E-state index is 4.00. The fourth-order valence-electron chi connectivity index (χ4n) is 10.0. The molecule has 0 bridgehead atoms. The number of benzene rings is 11. The van der Waals surface area contributed by atoms with Gasteiger partial charge in [0.15, 0.2) is 0 Å². The van der Waals surface area contributed by atoms with Gasteiger partial charge in [-0.3, -0.25) is 0 Å². The molecule has 0 unspecified atom stereocenters. The summed E-state index contributed by atoms with van der Waals surface area (Å²) in [5.74, 6) is 0. The molecule has 0 saturated heterocycles. The molecule has 0 fully saturated rings. The molecule has 12 aromatic rings. The van der Waals surface area contributed by atoms with Gasteiger partial charge in [0.1, 0.15) is 0 Å². The summed E-state index contributed by atoms with van der Waals surface area (Å²) < 4.78 is 0. The Morgan fingerprint density at radius 1 is 0.230 bits per heavy atom. The van der Waals surface area contributed by atoms with Crippen molar-refractivity contribution in [2.24, 2.45) is 0 Å². The van der Waals surface area contributed by atoms with E-state index in [1.54, 1.807) is 0 Å². The van der Waals surface area contributed by atoms with Gasteiger partial charge in [0, 0.05) is 21.9 Å². The fourth-order valence-corrected chi connectivity index (χ4v) is 10.0. The van der Waals surface area contributed by atoms with Gasteiger partial charge < -0.3 is 4.98 Å². The quantitative estimate of drug-likeness (QED) is 0.162. The standard InChI is InChI=1S/C60H39N/c1-4-20-39(21-5-1)42-26-10-11-27-43(42)49-33-19-36-52(58(49)51-35-18-34-50-46-29-13-12-28-44(46)45-30-14-15-32-48(45)57(50)51)59-56(41-24-8-3-9-25-41)53(40-22-6-2-7-23-40)38-54-47-31-16-17-37-55(47)61-60(54)59/h1-38,61H. The molecule has 0 aliphatic rings. The zero-order valence-corrected chi connectivity index (χ0v) is 33.4. The minimum atomic E-state index is 1.12. The molecule has 0 saturated carbocycles. The molecule has 61 heavy (non-hydrogen) atoms. The van der Waals surface area contributed by atoms with Crippen molar-refractivity contribution in [3.05, 3.63) is 231 Å². The third-order valence-corrected chi connectivity index (χ3v) is 12.6. The van der Waals surface area contributed by atoms with Crippen molar-refractivity contribution >= 4 is 54.1 Å². The summed E-state index contributed by atoms with van der Waals surface area (Å²) in [5.41, 5.74) is 16.6. The van der Waals surface area contributed by atoms with E-state index in [9.17, 15) is 0 Å². The second-order valence-electron chi connectivity index (χ2n) is 16.0. The second-order valence-corrected chi connectivity index (χ2v) is 16.0. The number of para-hydroxylation sites is 1. The van der Waals surface area contributed by atoms with Crippen molar-refractivity contribution < 1.29 is 0 Å². The average Bonchev–Trinajstić information content (AvgIpc) is 3.72. The first-order valence-corrected chi connectivity index (χ1v) is 21.1. The van der Waals surface area contributed by atoms with Crippen LogP contribution in [0.25, 0.3) is 121 Å². The predicted molar refractivity (Wildman–Crippen MR) is 261 cm³/mol. The molecule has 0 aliphatic carbocycles. The number of fused-ring (bicyclic) bond motifs is 9. The maximum atomic E-state index is 4.00. The smallest absolute Gasteiger partial charge is 0.0551 e. The van der Waals surface area contributed by atoms with Crippen LogP contribution >= 0.6 is 0 Å². The van der Waals surface area contributed by atoms with Crippen LogP contribution in [-0.4, -0.2) is 4.98 Å². The second kappa shape index (κ2) is 14.4. The first-order valence-electron chi connectivity index (χ1n) is 21.1. The lowest BCUT2D eigenvalue weighted by Gasteiger charge is -2.24. The van der Waals surface area contributed by atoms with Crippen LogP contribution in [0.3, 0.4) is 0 Å². The zero-order chi connectivity index (χ0) is 40.3. The molecule has 1 N–H and O–H groups in total. The van der Waals surface area contributed by atoms with Crippen LogP contribution in [-0.2, 0) is 0 Å². The van der Waals surface area contributed by atoms with E-state index >= 15 is 0 Å². The minimum Gasteiger partial charge on any atom is -0.354 e. The molecule has 0 radical (unpaired) electrons. The van der Waals surface area contributed by atoms with Gasteiger partial charge in [0.25, 0.3) is 0 Å². The van der Waals surface area contributed by atoms with Crippen molar-refractivity contribution in [2.45, 2.75) is 0 Å². The van der Waals surface area contributed by atoms with E-state index in [1.807, 2.05) is 0 Å². The largest absolute Gasteiger partial charge is 0.354 e. The van der Waals surface area contributed by atoms with Gasteiger partial charge >= 0.3 is 0 Å². The highest BCUT2D eigenvalue weighted by Gasteiger charge is 2.26. The van der Waals surface area contributed by atoms with Gasteiger partial charge in [-0.05, 0) is 106 Å². The lowest BCUT2D eigenvalue weighted by molar-refractivity contribution is 1.51. The Kier molecular flexibility index (Phi) is 8.25. The van der Waals surface area contributed by atoms with Crippen molar-refractivity contribution in [1.82, 2.24) is 4.98 Å². The van der Waals surface area contributed by atoms with Gasteiger partial charge in [0.2, 0.25) is 0 Å². The summed E-state index contributed by atoms with van der Waals surface area (Å²) in [6.45, 7) is 0. The van der Waals surface area contributed by atoms with Crippen molar-refractivity contribution in [2.75, 3.05) is 0 Å². The third-order valence-electron chi connectivity index (χ3n) is 12.6. The van der Waals surface area contributed by atoms with E-state index in [2.05, 4.69) is 236 Å². The molecule has 0 aliphatic heterocycles. The lowest BCUT2D eigenvalue weighted by atomic mass is 9.79. The Bertz CT molecular complexity index is 3570. The fraction of sp³-hybridized carbons (Fsp3) is 0. The van der Waals surface area contributed by atoms with Crippen LogP contribution in [0.15, 0.2) is 231 Å². The molecule has 1 nitrogen and oxygen atoms in total. The number of nitrogens with one attached hydrogen (secondary N) is 1. The molecular weight excluding hydrogens is 735 g/mol. The zero-order valence-electron chi connectivity index (χ0n) is 33.4. The van der Waals surface area contributed by atoms with Gasteiger partial charge in [-0.2, -0.15) is 0 Å². The molecule has 1 aromatic heterocycles. The Labute approximate surface area is 354 Å². The summed E-state index contributed by atoms with van der Waals surface area (Å²) in [6.07, 6.45) is 0. The summed E-state index contributed by atoms with van der Waals surface area (Å²) in [5, 5.41) is 9.97. The molecule has 0 spiro atoms. The van der Waals surface area contributed by atoms with Gasteiger partial charge in [-0.1, -0.05) is 218 Å². The first-order chi connectivity index (χ1) is 30.3. The minimum absolute atomic E-state index is 1.12. The Morgan fingerprint density at radius 2 is 0.672 bits per heavy atom. The van der Waals surface area contributed by atoms with Crippen molar-refractivity contribution in [3.63, 3.8) is 0 Å². The lowest BCUT2D eigenvalue weighted by Crippen LogP contribution is -1.98. The SMILES string of the molecule is c1ccc(-c2ccccc2-c2cccc(-c3c(-c4ccccc4)c(-c4ccccc4)cc4c3[nH]c3ccccc34)c2-c2cccc3c4ccccc4c4ccccc4c23)cc1. The first kappa shape index (κ1) is 35.0. The number of hydrogen-bond donors (Lipinski definition) is 1. The molecule has 284 valence electrons. The number of hydrogen-bond acceptors (Lipinski definition) is 0. The van der Waals surface area contributed by atoms with Crippen molar-refractivity contribution in [1.29, 1.82) is 0 Å². The number of aromatic amines is 1. The van der Waals surface area contributed by atoms with Crippen LogP contribution < -0.4 is 0 Å². The molecular formula is C60H39N. The van der Waals surface area contributed by atoms with Gasteiger partial charge in [-0.25, -0.2) is 0 Å². The van der Waals surface area contributed by atoms with Crippen LogP contribution in [0.4, 0.5) is 0 Å². The Hall–Kier alpha value is -8.00. The maximum Gasteiger partial charge on any atom is 0.0551 e. The highest BCUT2D eigenvalue weighted by Crippen LogP contribution is 2.53. The van der Waals surface area contributed by atoms with E-state index in [0.29, 0.717) is 0 Å². The monoisotopic (exact) mass is 773 g/mol. The molecule has 1 heteroatoms.